The van der Waals surface area contributed by atoms with Gasteiger partial charge in [-0.25, -0.2) is 18.6 Å². The maximum absolute atomic E-state index is 12.9. The summed E-state index contributed by atoms with van der Waals surface area (Å²) in [5, 5.41) is 8.77. The van der Waals surface area contributed by atoms with Crippen molar-refractivity contribution in [1.29, 1.82) is 0 Å². The monoisotopic (exact) mass is 269 g/mol. The van der Waals surface area contributed by atoms with Crippen LogP contribution in [0.4, 0.5) is 8.78 Å². The van der Waals surface area contributed by atoms with Gasteiger partial charge in [0.15, 0.2) is 18.2 Å². The lowest BCUT2D eigenvalue weighted by Gasteiger charge is -2.03. The molecule has 0 saturated heterocycles. The van der Waals surface area contributed by atoms with Crippen molar-refractivity contribution in [3.05, 3.63) is 47.2 Å². The highest BCUT2D eigenvalue weighted by Crippen LogP contribution is 2.17. The topological polar surface area (TPSA) is 72.6 Å². The molecule has 5 nitrogen and oxygen atoms in total. The van der Waals surface area contributed by atoms with Crippen molar-refractivity contribution in [2.45, 2.75) is 13.5 Å². The van der Waals surface area contributed by atoms with Crippen LogP contribution in [0.2, 0.25) is 0 Å². The Labute approximate surface area is 106 Å². The number of carbonyl (C=O) groups is 1. The van der Waals surface area contributed by atoms with Gasteiger partial charge in [-0.2, -0.15) is 0 Å². The van der Waals surface area contributed by atoms with Crippen molar-refractivity contribution in [2.24, 2.45) is 0 Å². The third-order valence-corrected chi connectivity index (χ3v) is 2.29. The first-order chi connectivity index (χ1) is 8.97. The molecule has 0 aliphatic rings. The minimum atomic E-state index is -1.23. The van der Waals surface area contributed by atoms with Crippen LogP contribution in [0.25, 0.3) is 0 Å². The largest absolute Gasteiger partial charge is 0.484 e. The number of benzene rings is 1. The number of oxazole rings is 1. The average Bonchev–Trinajstić information content (AvgIpc) is 2.72. The minimum Gasteiger partial charge on any atom is -0.484 e. The molecule has 1 aromatic heterocycles. The lowest BCUT2D eigenvalue weighted by molar-refractivity contribution is 0.0657. The molecule has 2 aromatic rings. The number of carboxylic acid groups (broad SMARTS) is 1. The number of aromatic carboxylic acids is 1. The summed E-state index contributed by atoms with van der Waals surface area (Å²) in [6, 6.07) is 3.05. The molecule has 2 rings (SSSR count). The van der Waals surface area contributed by atoms with E-state index in [1.807, 2.05) is 0 Å². The number of carboxylic acids is 1. The average molecular weight is 269 g/mol. The number of nitrogens with zero attached hydrogens (tertiary/aromatic N) is 1. The van der Waals surface area contributed by atoms with E-state index in [0.29, 0.717) is 0 Å². The number of hydrogen-bond donors (Lipinski definition) is 1. The summed E-state index contributed by atoms with van der Waals surface area (Å²) < 4.78 is 35.7. The smallest absolute Gasteiger partial charge is 0.373 e. The molecular weight excluding hydrogens is 260 g/mol. The Hall–Kier alpha value is -2.44. The summed E-state index contributed by atoms with van der Waals surface area (Å²) in [6.07, 6.45) is 0. The number of hydrogen-bond acceptors (Lipinski definition) is 4. The van der Waals surface area contributed by atoms with Crippen molar-refractivity contribution in [1.82, 2.24) is 4.98 Å². The summed E-state index contributed by atoms with van der Waals surface area (Å²) in [5.41, 5.74) is 0.219. The van der Waals surface area contributed by atoms with Gasteiger partial charge in [0.2, 0.25) is 11.7 Å². The van der Waals surface area contributed by atoms with Crippen LogP contribution in [0.3, 0.4) is 0 Å². The molecule has 100 valence electrons. The van der Waals surface area contributed by atoms with Crippen LogP contribution in [0, 0.1) is 18.6 Å². The highest BCUT2D eigenvalue weighted by molar-refractivity contribution is 5.85. The van der Waals surface area contributed by atoms with E-state index in [0.717, 1.165) is 12.1 Å². The molecule has 0 bridgehead atoms. The Balaban J connectivity index is 2.08. The molecule has 1 aromatic carbocycles. The van der Waals surface area contributed by atoms with E-state index in [2.05, 4.69) is 4.98 Å². The van der Waals surface area contributed by atoms with Gasteiger partial charge < -0.3 is 14.3 Å². The molecule has 0 fully saturated rings. The van der Waals surface area contributed by atoms with E-state index in [1.165, 1.54) is 13.0 Å². The lowest BCUT2D eigenvalue weighted by Crippen LogP contribution is -1.97. The summed E-state index contributed by atoms with van der Waals surface area (Å²) >= 11 is 0. The van der Waals surface area contributed by atoms with Crippen molar-refractivity contribution in [3.63, 3.8) is 0 Å². The van der Waals surface area contributed by atoms with E-state index in [-0.39, 0.29) is 29.7 Å². The third-order valence-electron chi connectivity index (χ3n) is 2.29. The summed E-state index contributed by atoms with van der Waals surface area (Å²) in [7, 11) is 0. The highest BCUT2D eigenvalue weighted by Gasteiger charge is 2.16. The van der Waals surface area contributed by atoms with Crippen LogP contribution in [-0.4, -0.2) is 16.1 Å². The molecule has 0 aliphatic carbocycles. The normalized spacial score (nSPS) is 10.5. The maximum atomic E-state index is 12.9. The SMILES string of the molecule is Cc1nc(COc2ccc(F)c(F)c2)oc1C(=O)O. The fourth-order valence-corrected chi connectivity index (χ4v) is 1.42. The van der Waals surface area contributed by atoms with Gasteiger partial charge >= 0.3 is 5.97 Å². The highest BCUT2D eigenvalue weighted by atomic mass is 19.2. The Kier molecular flexibility index (Phi) is 3.46. The quantitative estimate of drug-likeness (QED) is 0.923. The Morgan fingerprint density at radius 3 is 2.74 bits per heavy atom. The molecule has 0 unspecified atom stereocenters. The van der Waals surface area contributed by atoms with E-state index < -0.39 is 17.6 Å². The number of aryl methyl sites for hydroxylation is 1. The van der Waals surface area contributed by atoms with E-state index in [1.54, 1.807) is 0 Å². The van der Waals surface area contributed by atoms with Crippen molar-refractivity contribution >= 4 is 5.97 Å². The molecule has 0 radical (unpaired) electrons. The molecule has 0 atom stereocenters. The minimum absolute atomic E-state index is 0.0413. The van der Waals surface area contributed by atoms with Gasteiger partial charge in [-0.3, -0.25) is 0 Å². The lowest BCUT2D eigenvalue weighted by atomic mass is 10.3. The molecule has 1 N–H and O–H groups in total. The van der Waals surface area contributed by atoms with Crippen LogP contribution < -0.4 is 4.74 Å². The van der Waals surface area contributed by atoms with E-state index >= 15 is 0 Å². The van der Waals surface area contributed by atoms with Gasteiger partial charge in [-0.1, -0.05) is 0 Å². The maximum Gasteiger partial charge on any atom is 0.373 e. The third kappa shape index (κ3) is 2.87. The predicted molar refractivity (Wildman–Crippen MR) is 58.9 cm³/mol. The first-order valence-electron chi connectivity index (χ1n) is 5.25. The standard InChI is InChI=1S/C12H9F2NO4/c1-6-11(12(16)17)19-10(15-6)5-18-7-2-3-8(13)9(14)4-7/h2-4H,5H2,1H3,(H,16,17). The molecule has 19 heavy (non-hydrogen) atoms. The second-order valence-electron chi connectivity index (χ2n) is 3.69. The van der Waals surface area contributed by atoms with Crippen molar-refractivity contribution in [2.75, 3.05) is 0 Å². The zero-order chi connectivity index (χ0) is 14.0. The van der Waals surface area contributed by atoms with Gasteiger partial charge in [0.05, 0.1) is 5.69 Å². The Bertz CT molecular complexity index is 624. The van der Waals surface area contributed by atoms with Gasteiger partial charge in [0, 0.05) is 6.07 Å². The second-order valence-corrected chi connectivity index (χ2v) is 3.69. The first-order valence-corrected chi connectivity index (χ1v) is 5.25. The van der Waals surface area contributed by atoms with Crippen LogP contribution in [0.15, 0.2) is 22.6 Å². The van der Waals surface area contributed by atoms with Gasteiger partial charge in [0.1, 0.15) is 5.75 Å². The zero-order valence-electron chi connectivity index (χ0n) is 9.81. The van der Waals surface area contributed by atoms with Crippen LogP contribution in [0.5, 0.6) is 5.75 Å². The van der Waals surface area contributed by atoms with Gasteiger partial charge in [-0.05, 0) is 19.1 Å². The molecule has 0 amide bonds. The van der Waals surface area contributed by atoms with E-state index in [9.17, 15) is 13.6 Å². The molecule has 1 heterocycles. The number of ether oxygens (including phenoxy) is 1. The van der Waals surface area contributed by atoms with Gasteiger partial charge in [0.25, 0.3) is 0 Å². The summed E-state index contributed by atoms with van der Waals surface area (Å²) in [4.78, 5) is 14.6. The van der Waals surface area contributed by atoms with Crippen LogP contribution >= 0.6 is 0 Å². The van der Waals surface area contributed by atoms with E-state index in [4.69, 9.17) is 14.3 Å². The molecular formula is C12H9F2NO4. The Morgan fingerprint density at radius 1 is 1.42 bits per heavy atom. The number of aromatic nitrogens is 1. The summed E-state index contributed by atoms with van der Waals surface area (Å²) in [6.45, 7) is 1.30. The molecule has 0 spiro atoms. The fraction of sp³-hybridized carbons (Fsp3) is 0.167. The molecule has 7 heteroatoms. The zero-order valence-corrected chi connectivity index (χ0v) is 9.81. The molecule has 0 saturated carbocycles. The van der Waals surface area contributed by atoms with Crippen molar-refractivity contribution in [3.8, 4) is 5.75 Å². The number of halogens is 2. The van der Waals surface area contributed by atoms with Crippen LogP contribution in [-0.2, 0) is 6.61 Å². The first kappa shape index (κ1) is 13.0. The summed E-state index contributed by atoms with van der Waals surface area (Å²) in [5.74, 6) is -3.39. The van der Waals surface area contributed by atoms with Crippen molar-refractivity contribution < 1.29 is 27.8 Å². The second kappa shape index (κ2) is 5.05. The molecule has 0 aliphatic heterocycles. The van der Waals surface area contributed by atoms with Crippen LogP contribution in [0.1, 0.15) is 22.1 Å². The number of rotatable bonds is 4. The Morgan fingerprint density at radius 2 is 2.16 bits per heavy atom. The van der Waals surface area contributed by atoms with Gasteiger partial charge in [-0.15, -0.1) is 0 Å². The fourth-order valence-electron chi connectivity index (χ4n) is 1.42. The predicted octanol–water partition coefficient (Wildman–Crippen LogP) is 2.54.